The highest BCUT2D eigenvalue weighted by molar-refractivity contribution is 7.86. The molecule has 1 aromatic rings. The molecule has 10 nitrogen and oxygen atoms in total. The molecule has 0 radical (unpaired) electrons. The molecule has 0 aromatic carbocycles. The Morgan fingerprint density at radius 3 is 2.75 bits per heavy atom. The highest BCUT2D eigenvalue weighted by atomic mass is 32.2. The largest absolute Gasteiger partial charge is 0.468 e. The number of hydrogen-bond acceptors (Lipinski definition) is 10. The lowest BCUT2D eigenvalue weighted by Gasteiger charge is -2.65. The molecule has 5 aliphatic rings. The van der Waals surface area contributed by atoms with Gasteiger partial charge in [-0.1, -0.05) is 19.9 Å². The number of alkyl halides is 1. The maximum Gasteiger partial charge on any atom is 0.264 e. The number of aliphatic hydroxyl groups is 1. The van der Waals surface area contributed by atoms with E-state index in [1.807, 2.05) is 13.8 Å². The molecule has 4 aliphatic carbocycles. The summed E-state index contributed by atoms with van der Waals surface area (Å²) in [6.45, 7) is 3.49. The van der Waals surface area contributed by atoms with Gasteiger partial charge in [0.05, 0.1) is 25.2 Å². The Morgan fingerprint density at radius 1 is 1.32 bits per heavy atom. The fourth-order valence-electron chi connectivity index (χ4n) is 9.14. The number of allylic oxidation sites excluding steroid dienone is 4. The lowest BCUT2D eigenvalue weighted by molar-refractivity contribution is -0.258. The van der Waals surface area contributed by atoms with E-state index in [-0.39, 0.29) is 25.2 Å². The maximum absolute atomic E-state index is 15.9. The molecular formula is C28H35FN2O8S. The fourth-order valence-corrected chi connectivity index (χ4v) is 9.46. The molecule has 9 atom stereocenters. The molecule has 2 heterocycles. The number of fused-ring (bicyclic) bond motifs is 7. The molecule has 6 unspecified atom stereocenters. The second-order valence-corrected chi connectivity index (χ2v) is 14.3. The van der Waals surface area contributed by atoms with Gasteiger partial charge in [0, 0.05) is 41.2 Å². The quantitative estimate of drug-likeness (QED) is 0.479. The highest BCUT2D eigenvalue weighted by Crippen LogP contribution is 2.71. The summed E-state index contributed by atoms with van der Waals surface area (Å²) in [5, 5.41) is 13.4. The molecule has 0 spiro atoms. The van der Waals surface area contributed by atoms with E-state index >= 15 is 4.39 Å². The molecule has 0 amide bonds. The van der Waals surface area contributed by atoms with Crippen molar-refractivity contribution in [2.75, 3.05) is 19.4 Å². The van der Waals surface area contributed by atoms with Gasteiger partial charge in [0.25, 0.3) is 10.1 Å². The number of carbonyl (C=O) groups excluding carboxylic acids is 2. The van der Waals surface area contributed by atoms with Gasteiger partial charge in [-0.05, 0) is 48.6 Å². The number of hydroxylamine groups is 2. The summed E-state index contributed by atoms with van der Waals surface area (Å²) >= 11 is 0. The number of hydrogen-bond donors (Lipinski definition) is 2. The van der Waals surface area contributed by atoms with Crippen molar-refractivity contribution in [3.8, 4) is 0 Å². The minimum absolute atomic E-state index is 0.110. The fraction of sp³-hybridized carbons (Fsp3) is 0.643. The minimum Gasteiger partial charge on any atom is -0.468 e. The zero-order valence-electron chi connectivity index (χ0n) is 22.7. The normalized spacial score (nSPS) is 44.5. The first-order valence-electron chi connectivity index (χ1n) is 13.5. The number of nitrogens with zero attached hydrogens (tertiary/aromatic N) is 1. The van der Waals surface area contributed by atoms with Crippen LogP contribution in [-0.2, 0) is 35.3 Å². The average Bonchev–Trinajstić information content (AvgIpc) is 3.54. The molecule has 3 N–H and O–H groups in total. The second-order valence-electron chi connectivity index (χ2n) is 12.7. The van der Waals surface area contributed by atoms with E-state index in [1.165, 1.54) is 18.4 Å². The molecule has 4 fully saturated rings. The number of carbonyl (C=O) groups is 2. The summed E-state index contributed by atoms with van der Waals surface area (Å²) < 4.78 is 50.0. The molecule has 12 heteroatoms. The van der Waals surface area contributed by atoms with Gasteiger partial charge < -0.3 is 15.3 Å². The van der Waals surface area contributed by atoms with Gasteiger partial charge in [-0.2, -0.15) is 13.5 Å². The summed E-state index contributed by atoms with van der Waals surface area (Å²) in [4.78, 5) is 32.7. The third kappa shape index (κ3) is 3.80. The lowest BCUT2D eigenvalue weighted by Crippen LogP contribution is -2.74. The predicted octanol–water partition coefficient (Wildman–Crippen LogP) is 1.84. The van der Waals surface area contributed by atoms with Crippen LogP contribution in [0.25, 0.3) is 0 Å². The molecule has 40 heavy (non-hydrogen) atoms. The van der Waals surface area contributed by atoms with Crippen LogP contribution in [0.3, 0.4) is 0 Å². The van der Waals surface area contributed by atoms with Gasteiger partial charge >= 0.3 is 0 Å². The smallest absolute Gasteiger partial charge is 0.264 e. The summed E-state index contributed by atoms with van der Waals surface area (Å²) in [6.07, 6.45) is 4.60. The van der Waals surface area contributed by atoms with Crippen molar-refractivity contribution in [2.45, 2.75) is 63.1 Å². The zero-order valence-corrected chi connectivity index (χ0v) is 23.5. The van der Waals surface area contributed by atoms with E-state index in [4.69, 9.17) is 19.2 Å². The van der Waals surface area contributed by atoms with Crippen molar-refractivity contribution in [1.29, 1.82) is 0 Å². The van der Waals surface area contributed by atoms with Crippen molar-refractivity contribution in [1.82, 2.24) is 5.06 Å². The summed E-state index contributed by atoms with van der Waals surface area (Å²) in [7, 11) is -3.93. The first kappa shape index (κ1) is 27.9. The van der Waals surface area contributed by atoms with E-state index in [9.17, 15) is 23.1 Å². The van der Waals surface area contributed by atoms with Crippen LogP contribution < -0.4 is 5.73 Å². The molecule has 6 rings (SSSR count). The topological polar surface area (TPSA) is 149 Å². The van der Waals surface area contributed by atoms with E-state index in [1.54, 1.807) is 23.3 Å². The van der Waals surface area contributed by atoms with Crippen LogP contribution in [0.15, 0.2) is 46.6 Å². The van der Waals surface area contributed by atoms with Crippen LogP contribution in [0.5, 0.6) is 0 Å². The number of Topliss-reactive ketones (excluding diaryl/α,β-unsaturated/α-hetero) is 1. The molecule has 1 saturated heterocycles. The van der Waals surface area contributed by atoms with Crippen molar-refractivity contribution in [3.63, 3.8) is 0 Å². The van der Waals surface area contributed by atoms with Gasteiger partial charge in [-0.15, -0.1) is 0 Å². The van der Waals surface area contributed by atoms with Crippen LogP contribution >= 0.6 is 0 Å². The summed E-state index contributed by atoms with van der Waals surface area (Å²) in [6, 6.07) is 3.53. The molecule has 3 saturated carbocycles. The van der Waals surface area contributed by atoms with Crippen LogP contribution in [0.4, 0.5) is 4.39 Å². The Hall–Kier alpha value is -2.22. The minimum atomic E-state index is -3.93. The molecule has 0 bridgehead atoms. The monoisotopic (exact) mass is 578 g/mol. The van der Waals surface area contributed by atoms with Crippen molar-refractivity contribution in [2.24, 2.45) is 34.3 Å². The Balaban J connectivity index is 1.42. The van der Waals surface area contributed by atoms with Gasteiger partial charge in [-0.25, -0.2) is 4.39 Å². The molecular weight excluding hydrogens is 543 g/mol. The lowest BCUT2D eigenvalue weighted by atomic mass is 9.43. The Bertz CT molecular complexity index is 1410. The standard InChI is InChI=1S/C28H35FN2O8S/c1-25-7-6-17(32)10-19(25)20(29)11-27(30)22-9-16-13-31(14-18-5-4-8-37-18)39-28(16,23(34)15-38-40(3,35)36)26(22,2)12-21(33)24(25)27/h4-8,10,16,20-22,24,33H,9,11-15,30H2,1-3H3/t16-,20-,21?,22?,24?,25?,26?,27?,28-/m0/s1. The predicted molar refractivity (Wildman–Crippen MR) is 139 cm³/mol. The highest BCUT2D eigenvalue weighted by Gasteiger charge is 2.78. The third-order valence-electron chi connectivity index (χ3n) is 10.4. The average molecular weight is 579 g/mol. The summed E-state index contributed by atoms with van der Waals surface area (Å²) in [5.41, 5.74) is 2.67. The summed E-state index contributed by atoms with van der Waals surface area (Å²) in [5.74, 6) is -1.73. The van der Waals surface area contributed by atoms with Crippen LogP contribution in [-0.4, -0.2) is 73.0 Å². The molecule has 218 valence electrons. The van der Waals surface area contributed by atoms with Crippen LogP contribution in [0.2, 0.25) is 0 Å². The van der Waals surface area contributed by atoms with Gasteiger partial charge in [0.2, 0.25) is 0 Å². The first-order valence-corrected chi connectivity index (χ1v) is 15.4. The van der Waals surface area contributed by atoms with E-state index in [0.29, 0.717) is 24.3 Å². The Kier molecular flexibility index (Phi) is 6.21. The van der Waals surface area contributed by atoms with Gasteiger partial charge in [0.15, 0.2) is 17.2 Å². The van der Waals surface area contributed by atoms with Crippen molar-refractivity contribution < 1.29 is 40.9 Å². The molecule has 1 aliphatic heterocycles. The third-order valence-corrected chi connectivity index (χ3v) is 11.0. The SMILES string of the molecule is CC12C=CC(=O)C=C1[C@@H](F)CC1(N)C2C(O)CC2(C)C1C[C@H]1CN(Cc3ccco3)O[C@]12C(=O)COS(C)(=O)=O. The van der Waals surface area contributed by atoms with Gasteiger partial charge in [-0.3, -0.25) is 18.6 Å². The number of aliphatic hydroxyl groups excluding tert-OH is 1. The van der Waals surface area contributed by atoms with Crippen LogP contribution in [0, 0.1) is 28.6 Å². The maximum atomic E-state index is 15.9. The van der Waals surface area contributed by atoms with Crippen LogP contribution in [0.1, 0.15) is 38.9 Å². The Labute approximate surface area is 232 Å². The number of furan rings is 1. The number of nitrogens with two attached hydrogens (primary N) is 1. The van der Waals surface area contributed by atoms with E-state index in [0.717, 1.165) is 6.26 Å². The number of ketones is 2. The molecule has 1 aromatic heterocycles. The van der Waals surface area contributed by atoms with E-state index < -0.39 is 74.5 Å². The number of rotatable bonds is 6. The first-order chi connectivity index (χ1) is 18.6. The zero-order chi connectivity index (χ0) is 28.9. The Morgan fingerprint density at radius 2 is 2.08 bits per heavy atom. The van der Waals surface area contributed by atoms with Crippen molar-refractivity contribution >= 4 is 21.7 Å². The number of halogens is 1. The second kappa shape index (κ2) is 8.89. The van der Waals surface area contributed by atoms with Gasteiger partial charge in [0.1, 0.15) is 18.5 Å². The van der Waals surface area contributed by atoms with Crippen molar-refractivity contribution in [3.05, 3.63) is 48.0 Å². The van der Waals surface area contributed by atoms with E-state index in [2.05, 4.69) is 0 Å².